The number of carbonyl (C=O) groups excluding carboxylic acids is 1. The number of amides is 1. The van der Waals surface area contributed by atoms with Crippen LogP contribution in [0, 0.1) is 0 Å². The molecule has 5 heteroatoms. The molecule has 0 atom stereocenters. The topological polar surface area (TPSA) is 75.3 Å². The maximum Gasteiger partial charge on any atom is 0.265 e. The number of nitrogens with one attached hydrogen (secondary N) is 1. The van der Waals surface area contributed by atoms with Crippen LogP contribution < -0.4 is 11.3 Å². The number of nitrogen functional groups attached to an aromatic ring is 1. The number of phenols is 1. The fourth-order valence-corrected chi connectivity index (χ4v) is 2.63. The van der Waals surface area contributed by atoms with Gasteiger partial charge in [0.05, 0.1) is 0 Å². The first kappa shape index (κ1) is 13.5. The molecule has 0 aromatic heterocycles. The van der Waals surface area contributed by atoms with Gasteiger partial charge in [-0.2, -0.15) is 0 Å². The second kappa shape index (κ2) is 6.26. The number of hydrogen-bond acceptors (Lipinski definition) is 4. The molecule has 0 aliphatic rings. The van der Waals surface area contributed by atoms with Crippen molar-refractivity contribution in [1.82, 2.24) is 5.43 Å². The number of hydrogen-bond donors (Lipinski definition) is 3. The van der Waals surface area contributed by atoms with E-state index in [-0.39, 0.29) is 11.7 Å². The van der Waals surface area contributed by atoms with Crippen LogP contribution in [0.3, 0.4) is 0 Å². The molecule has 4 N–H and O–H groups in total. The van der Waals surface area contributed by atoms with Gasteiger partial charge in [0.25, 0.3) is 5.91 Å². The lowest BCUT2D eigenvalue weighted by Crippen LogP contribution is -2.30. The summed E-state index contributed by atoms with van der Waals surface area (Å²) in [6.07, 6.45) is 0. The van der Waals surface area contributed by atoms with E-state index in [1.165, 1.54) is 11.8 Å². The Morgan fingerprint density at radius 3 is 2.58 bits per heavy atom. The van der Waals surface area contributed by atoms with Crippen molar-refractivity contribution in [3.05, 3.63) is 59.7 Å². The lowest BCUT2D eigenvalue weighted by Gasteiger charge is -2.08. The summed E-state index contributed by atoms with van der Waals surface area (Å²) in [4.78, 5) is 12.4. The van der Waals surface area contributed by atoms with Gasteiger partial charge in [-0.15, -0.1) is 11.8 Å². The average Bonchev–Trinajstić information content (AvgIpc) is 2.46. The molecule has 0 radical (unpaired) electrons. The first-order chi connectivity index (χ1) is 9.22. The Balaban J connectivity index is 2.16. The largest absolute Gasteiger partial charge is 0.507 e. The number of aromatic hydroxyl groups is 1. The van der Waals surface area contributed by atoms with Gasteiger partial charge in [0.2, 0.25) is 0 Å². The zero-order valence-electron chi connectivity index (χ0n) is 10.2. The van der Waals surface area contributed by atoms with Gasteiger partial charge in [0, 0.05) is 16.2 Å². The van der Waals surface area contributed by atoms with E-state index in [1.807, 2.05) is 24.3 Å². The first-order valence-electron chi connectivity index (χ1n) is 5.72. The van der Waals surface area contributed by atoms with Crippen molar-refractivity contribution < 1.29 is 9.90 Å². The van der Waals surface area contributed by atoms with Gasteiger partial charge in [0.1, 0.15) is 5.75 Å². The van der Waals surface area contributed by atoms with Crippen molar-refractivity contribution in [3.8, 4) is 5.75 Å². The minimum absolute atomic E-state index is 0.244. The Hall–Kier alpha value is -1.98. The van der Waals surface area contributed by atoms with Crippen LogP contribution in [0.4, 0.5) is 0 Å². The number of phenolic OH excluding ortho intramolecular Hbond substituents is 1. The maximum atomic E-state index is 11.6. The van der Waals surface area contributed by atoms with Crippen LogP contribution in [0.2, 0.25) is 0 Å². The van der Waals surface area contributed by atoms with Crippen molar-refractivity contribution in [1.29, 1.82) is 0 Å². The van der Waals surface area contributed by atoms with Gasteiger partial charge < -0.3 is 5.11 Å². The smallest absolute Gasteiger partial charge is 0.265 e. The normalized spacial score (nSPS) is 10.2. The lowest BCUT2D eigenvalue weighted by atomic mass is 10.1. The second-order valence-electron chi connectivity index (χ2n) is 3.89. The van der Waals surface area contributed by atoms with Crippen LogP contribution in [-0.4, -0.2) is 11.0 Å². The molecule has 0 spiro atoms. The molecule has 19 heavy (non-hydrogen) atoms. The van der Waals surface area contributed by atoms with Crippen molar-refractivity contribution in [3.63, 3.8) is 0 Å². The molecule has 0 fully saturated rings. The molecule has 0 bridgehead atoms. The Morgan fingerprint density at radius 2 is 1.84 bits per heavy atom. The zero-order valence-corrected chi connectivity index (χ0v) is 11.0. The Morgan fingerprint density at radius 1 is 1.16 bits per heavy atom. The third-order valence-corrected chi connectivity index (χ3v) is 3.75. The summed E-state index contributed by atoms with van der Waals surface area (Å²) >= 11 is 1.47. The molecule has 0 saturated carbocycles. The molecule has 0 heterocycles. The van der Waals surface area contributed by atoms with Crippen LogP contribution >= 0.6 is 11.8 Å². The Labute approximate surface area is 115 Å². The maximum absolute atomic E-state index is 11.6. The van der Waals surface area contributed by atoms with Crippen molar-refractivity contribution in [2.45, 2.75) is 10.6 Å². The van der Waals surface area contributed by atoms with E-state index in [0.717, 1.165) is 10.5 Å². The Kier molecular flexibility index (Phi) is 4.43. The summed E-state index contributed by atoms with van der Waals surface area (Å²) in [5.74, 6) is 5.67. The molecule has 2 rings (SSSR count). The fourth-order valence-electron chi connectivity index (χ4n) is 1.68. The zero-order chi connectivity index (χ0) is 13.7. The standard InChI is InChI=1S/C14H14N2O2S/c15-16-14(18)11-6-2-1-5-10(11)9-19-13-8-4-3-7-12(13)17/h1-8,17H,9,15H2,(H,16,18). The number of rotatable bonds is 4. The number of benzene rings is 2. The van der Waals surface area contributed by atoms with E-state index >= 15 is 0 Å². The summed E-state index contributed by atoms with van der Waals surface area (Å²) in [5, 5.41) is 9.69. The van der Waals surface area contributed by atoms with Crippen LogP contribution in [-0.2, 0) is 5.75 Å². The van der Waals surface area contributed by atoms with Gasteiger partial charge in [-0.3, -0.25) is 10.2 Å². The van der Waals surface area contributed by atoms with Crippen molar-refractivity contribution in [2.75, 3.05) is 0 Å². The summed E-state index contributed by atoms with van der Waals surface area (Å²) in [7, 11) is 0. The molecular formula is C14H14N2O2S. The molecule has 2 aromatic carbocycles. The predicted octanol–water partition coefficient (Wildman–Crippen LogP) is 2.29. The summed E-state index contributed by atoms with van der Waals surface area (Å²) in [6, 6.07) is 14.4. The summed E-state index contributed by atoms with van der Waals surface area (Å²) in [5.41, 5.74) is 3.56. The molecule has 1 amide bonds. The predicted molar refractivity (Wildman–Crippen MR) is 75.8 cm³/mol. The van der Waals surface area contributed by atoms with Gasteiger partial charge in [-0.1, -0.05) is 30.3 Å². The van der Waals surface area contributed by atoms with E-state index in [0.29, 0.717) is 11.3 Å². The number of nitrogens with two attached hydrogens (primary N) is 1. The van der Waals surface area contributed by atoms with E-state index in [1.54, 1.807) is 24.3 Å². The third-order valence-electron chi connectivity index (χ3n) is 2.64. The molecule has 0 aliphatic carbocycles. The van der Waals surface area contributed by atoms with E-state index in [4.69, 9.17) is 5.84 Å². The SMILES string of the molecule is NNC(=O)c1ccccc1CSc1ccccc1O. The highest BCUT2D eigenvalue weighted by atomic mass is 32.2. The van der Waals surface area contributed by atoms with Gasteiger partial charge in [-0.25, -0.2) is 5.84 Å². The minimum Gasteiger partial charge on any atom is -0.507 e. The molecule has 0 aliphatic heterocycles. The summed E-state index contributed by atoms with van der Waals surface area (Å²) in [6.45, 7) is 0. The monoisotopic (exact) mass is 274 g/mol. The number of hydrazine groups is 1. The molecule has 0 saturated heterocycles. The van der Waals surface area contributed by atoms with Gasteiger partial charge >= 0.3 is 0 Å². The van der Waals surface area contributed by atoms with Crippen molar-refractivity contribution in [2.24, 2.45) is 5.84 Å². The highest BCUT2D eigenvalue weighted by Crippen LogP contribution is 2.31. The van der Waals surface area contributed by atoms with Crippen LogP contribution in [0.5, 0.6) is 5.75 Å². The fraction of sp³-hybridized carbons (Fsp3) is 0.0714. The molecule has 4 nitrogen and oxygen atoms in total. The quantitative estimate of drug-likeness (QED) is 0.346. The number of para-hydroxylation sites is 1. The average molecular weight is 274 g/mol. The molecule has 98 valence electrons. The lowest BCUT2D eigenvalue weighted by molar-refractivity contribution is 0.0953. The van der Waals surface area contributed by atoms with Crippen molar-refractivity contribution >= 4 is 17.7 Å². The van der Waals surface area contributed by atoms with Crippen LogP contribution in [0.15, 0.2) is 53.4 Å². The molecule has 0 unspecified atom stereocenters. The number of thioether (sulfide) groups is 1. The Bertz CT molecular complexity index is 587. The second-order valence-corrected chi connectivity index (χ2v) is 4.90. The highest BCUT2D eigenvalue weighted by molar-refractivity contribution is 7.98. The number of carbonyl (C=O) groups is 1. The first-order valence-corrected chi connectivity index (χ1v) is 6.70. The van der Waals surface area contributed by atoms with Gasteiger partial charge in [-0.05, 0) is 23.8 Å². The minimum atomic E-state index is -0.312. The van der Waals surface area contributed by atoms with E-state index in [9.17, 15) is 9.90 Å². The van der Waals surface area contributed by atoms with Crippen LogP contribution in [0.1, 0.15) is 15.9 Å². The molecular weight excluding hydrogens is 260 g/mol. The summed E-state index contributed by atoms with van der Waals surface area (Å²) < 4.78 is 0. The van der Waals surface area contributed by atoms with Crippen LogP contribution in [0.25, 0.3) is 0 Å². The third kappa shape index (κ3) is 3.27. The molecule has 2 aromatic rings. The van der Waals surface area contributed by atoms with E-state index < -0.39 is 0 Å². The van der Waals surface area contributed by atoms with E-state index in [2.05, 4.69) is 5.43 Å². The highest BCUT2D eigenvalue weighted by Gasteiger charge is 2.10. The van der Waals surface area contributed by atoms with Gasteiger partial charge in [0.15, 0.2) is 0 Å².